The van der Waals surface area contributed by atoms with Crippen molar-refractivity contribution in [2.24, 2.45) is 0 Å². The molecule has 1 aromatic heterocycles. The van der Waals surface area contributed by atoms with E-state index in [0.717, 1.165) is 4.90 Å². The lowest BCUT2D eigenvalue weighted by Crippen LogP contribution is -2.46. The fraction of sp³-hybridized carbons (Fsp3) is 0.240. The van der Waals surface area contributed by atoms with Crippen LogP contribution in [0.15, 0.2) is 59.0 Å². The minimum absolute atomic E-state index is 0.0192. The van der Waals surface area contributed by atoms with Crippen molar-refractivity contribution in [3.63, 3.8) is 0 Å². The van der Waals surface area contributed by atoms with Crippen LogP contribution in [-0.2, 0) is 9.59 Å². The maximum Gasteiger partial charge on any atom is 0.282 e. The van der Waals surface area contributed by atoms with Crippen LogP contribution in [0.3, 0.4) is 0 Å². The molecule has 2 aliphatic heterocycles. The van der Waals surface area contributed by atoms with Crippen molar-refractivity contribution in [2.75, 3.05) is 38.1 Å². The summed E-state index contributed by atoms with van der Waals surface area (Å²) in [4.78, 5) is 45.8. The molecule has 1 saturated heterocycles. The third-order valence-electron chi connectivity index (χ3n) is 6.38. The van der Waals surface area contributed by atoms with Crippen molar-refractivity contribution < 1.29 is 14.0 Å². The SMILES string of the molecule is Cc1[nH]n(-c2ccc(Cl)cc2)c(=O)c1C1=C(N2CCN(C)CC2)C(=O)N(c2ccccc2F)C1=O. The van der Waals surface area contributed by atoms with E-state index in [4.69, 9.17) is 11.6 Å². The van der Waals surface area contributed by atoms with Gasteiger partial charge in [-0.3, -0.25) is 19.5 Å². The number of para-hydroxylation sites is 1. The van der Waals surface area contributed by atoms with Gasteiger partial charge in [0, 0.05) is 36.9 Å². The normalized spacial score (nSPS) is 17.1. The number of carbonyl (C=O) groups is 2. The van der Waals surface area contributed by atoms with Gasteiger partial charge in [-0.05, 0) is 50.4 Å². The topological polar surface area (TPSA) is 81.7 Å². The van der Waals surface area contributed by atoms with Crippen LogP contribution in [0.1, 0.15) is 11.3 Å². The number of benzene rings is 2. The van der Waals surface area contributed by atoms with Gasteiger partial charge < -0.3 is 9.80 Å². The van der Waals surface area contributed by atoms with Gasteiger partial charge in [-0.2, -0.15) is 0 Å². The Bertz CT molecular complexity index is 1420. The van der Waals surface area contributed by atoms with Gasteiger partial charge in [-0.1, -0.05) is 23.7 Å². The first kappa shape index (κ1) is 23.1. The van der Waals surface area contributed by atoms with E-state index in [1.165, 1.54) is 22.9 Å². The number of anilines is 1. The standard InChI is InChI=1S/C25H23ClFN5O3/c1-15-20(24(34)32(28-15)17-9-7-16(26)8-10-17)21-22(30-13-11-29(2)12-14-30)25(35)31(23(21)33)19-6-4-3-5-18(19)27/h3-10,28H,11-14H2,1-2H3. The average Bonchev–Trinajstić information content (AvgIpc) is 3.26. The molecule has 0 saturated carbocycles. The van der Waals surface area contributed by atoms with Crippen molar-refractivity contribution in [2.45, 2.75) is 6.92 Å². The predicted molar refractivity (Wildman–Crippen MR) is 131 cm³/mol. The fourth-order valence-corrected chi connectivity index (χ4v) is 4.66. The molecule has 3 heterocycles. The second-order valence-electron chi connectivity index (χ2n) is 8.64. The highest BCUT2D eigenvalue weighted by Crippen LogP contribution is 2.36. The van der Waals surface area contributed by atoms with E-state index in [-0.39, 0.29) is 22.5 Å². The zero-order valence-electron chi connectivity index (χ0n) is 19.2. The van der Waals surface area contributed by atoms with E-state index in [9.17, 15) is 18.8 Å². The lowest BCUT2D eigenvalue weighted by Gasteiger charge is -2.34. The van der Waals surface area contributed by atoms with Gasteiger partial charge in [0.15, 0.2) is 0 Å². The molecule has 0 bridgehead atoms. The maximum atomic E-state index is 14.7. The van der Waals surface area contributed by atoms with Crippen LogP contribution in [0.5, 0.6) is 0 Å². The first-order valence-corrected chi connectivity index (χ1v) is 11.5. The van der Waals surface area contributed by atoms with E-state index < -0.39 is 23.2 Å². The molecule has 2 amide bonds. The second-order valence-corrected chi connectivity index (χ2v) is 9.08. The van der Waals surface area contributed by atoms with Gasteiger partial charge in [-0.25, -0.2) is 14.0 Å². The first-order valence-electron chi connectivity index (χ1n) is 11.2. The van der Waals surface area contributed by atoms with E-state index in [0.29, 0.717) is 42.6 Å². The number of likely N-dealkylation sites (N-methyl/N-ethyl adjacent to an activating group) is 1. The number of piperazine rings is 1. The Hall–Kier alpha value is -3.69. The highest BCUT2D eigenvalue weighted by atomic mass is 35.5. The Morgan fingerprint density at radius 1 is 0.914 bits per heavy atom. The number of nitrogens with zero attached hydrogens (tertiary/aromatic N) is 4. The lowest BCUT2D eigenvalue weighted by molar-refractivity contribution is -0.120. The summed E-state index contributed by atoms with van der Waals surface area (Å²) in [6.07, 6.45) is 0. The molecular formula is C25H23ClFN5O3. The molecule has 3 aromatic rings. The highest BCUT2D eigenvalue weighted by molar-refractivity contribution is 6.45. The van der Waals surface area contributed by atoms with Crippen LogP contribution in [-0.4, -0.2) is 64.6 Å². The summed E-state index contributed by atoms with van der Waals surface area (Å²) >= 11 is 5.98. The molecule has 10 heteroatoms. The summed E-state index contributed by atoms with van der Waals surface area (Å²) < 4.78 is 16.0. The largest absolute Gasteiger partial charge is 0.364 e. The number of halogens is 2. The molecule has 0 spiro atoms. The van der Waals surface area contributed by atoms with Crippen molar-refractivity contribution >= 4 is 34.7 Å². The minimum Gasteiger partial charge on any atom is -0.364 e. The number of hydrogen-bond donors (Lipinski definition) is 1. The summed E-state index contributed by atoms with van der Waals surface area (Å²) in [5, 5.41) is 3.52. The molecule has 2 aromatic carbocycles. The third-order valence-corrected chi connectivity index (χ3v) is 6.63. The predicted octanol–water partition coefficient (Wildman–Crippen LogP) is 2.80. The second kappa shape index (κ2) is 8.83. The molecule has 0 aliphatic carbocycles. The van der Waals surface area contributed by atoms with Crippen LogP contribution in [0.2, 0.25) is 5.02 Å². The quantitative estimate of drug-likeness (QED) is 0.563. The molecule has 8 nitrogen and oxygen atoms in total. The van der Waals surface area contributed by atoms with Gasteiger partial charge in [0.25, 0.3) is 17.4 Å². The number of aryl methyl sites for hydroxylation is 1. The summed E-state index contributed by atoms with van der Waals surface area (Å²) in [6.45, 7) is 4.02. The number of rotatable bonds is 4. The van der Waals surface area contributed by atoms with Gasteiger partial charge in [0.1, 0.15) is 11.5 Å². The summed E-state index contributed by atoms with van der Waals surface area (Å²) in [5.41, 5.74) is 0.508. The molecule has 0 radical (unpaired) electrons. The Kier molecular flexibility index (Phi) is 5.82. The Morgan fingerprint density at radius 3 is 2.23 bits per heavy atom. The van der Waals surface area contributed by atoms with Crippen molar-refractivity contribution in [3.05, 3.63) is 86.7 Å². The Labute approximate surface area is 205 Å². The van der Waals surface area contributed by atoms with Crippen LogP contribution in [0.25, 0.3) is 11.3 Å². The Balaban J connectivity index is 1.69. The van der Waals surface area contributed by atoms with E-state index >= 15 is 0 Å². The van der Waals surface area contributed by atoms with E-state index in [1.807, 2.05) is 11.9 Å². The Morgan fingerprint density at radius 2 is 1.57 bits per heavy atom. The molecule has 0 unspecified atom stereocenters. The summed E-state index contributed by atoms with van der Waals surface area (Å²) in [7, 11) is 1.97. The zero-order chi connectivity index (χ0) is 24.9. The molecule has 180 valence electrons. The zero-order valence-corrected chi connectivity index (χ0v) is 20.0. The smallest absolute Gasteiger partial charge is 0.282 e. The number of hydrogen-bond acceptors (Lipinski definition) is 5. The number of nitrogens with one attached hydrogen (secondary N) is 1. The number of imide groups is 1. The van der Waals surface area contributed by atoms with Gasteiger partial charge in [-0.15, -0.1) is 0 Å². The lowest BCUT2D eigenvalue weighted by atomic mass is 10.0. The van der Waals surface area contributed by atoms with Gasteiger partial charge in [0.2, 0.25) is 0 Å². The molecule has 5 rings (SSSR count). The van der Waals surface area contributed by atoms with Crippen molar-refractivity contribution in [1.82, 2.24) is 19.6 Å². The monoisotopic (exact) mass is 495 g/mol. The molecule has 2 aliphatic rings. The molecule has 0 atom stereocenters. The van der Waals surface area contributed by atoms with E-state index in [2.05, 4.69) is 10.00 Å². The van der Waals surface area contributed by atoms with Crippen molar-refractivity contribution in [1.29, 1.82) is 0 Å². The summed E-state index contributed by atoms with van der Waals surface area (Å²) in [6, 6.07) is 12.3. The first-order chi connectivity index (χ1) is 16.8. The molecular weight excluding hydrogens is 473 g/mol. The van der Waals surface area contributed by atoms with Crippen molar-refractivity contribution in [3.8, 4) is 5.69 Å². The molecule has 35 heavy (non-hydrogen) atoms. The van der Waals surface area contributed by atoms with Gasteiger partial charge >= 0.3 is 0 Å². The highest BCUT2D eigenvalue weighted by Gasteiger charge is 2.45. The molecule has 1 N–H and O–H groups in total. The van der Waals surface area contributed by atoms with Crippen LogP contribution < -0.4 is 10.5 Å². The fourth-order valence-electron chi connectivity index (χ4n) is 4.53. The number of amides is 2. The van der Waals surface area contributed by atoms with Crippen LogP contribution in [0.4, 0.5) is 10.1 Å². The third kappa shape index (κ3) is 3.86. The van der Waals surface area contributed by atoms with Crippen LogP contribution in [0, 0.1) is 12.7 Å². The number of aromatic nitrogens is 2. The van der Waals surface area contributed by atoms with E-state index in [1.54, 1.807) is 37.3 Å². The number of carbonyl (C=O) groups excluding carboxylic acids is 2. The van der Waals surface area contributed by atoms with Crippen LogP contribution >= 0.6 is 11.6 Å². The summed E-state index contributed by atoms with van der Waals surface area (Å²) in [5.74, 6) is -2.06. The number of aromatic amines is 1. The maximum absolute atomic E-state index is 14.7. The molecule has 1 fully saturated rings. The minimum atomic E-state index is -0.725. The van der Waals surface area contributed by atoms with Gasteiger partial charge in [0.05, 0.1) is 22.5 Å². The average molecular weight is 496 g/mol. The number of H-pyrrole nitrogens is 1.